The van der Waals surface area contributed by atoms with Crippen LogP contribution < -0.4 is 0 Å². The topological polar surface area (TPSA) is 36.4 Å². The summed E-state index contributed by atoms with van der Waals surface area (Å²) in [5, 5.41) is 10.6. The second-order valence-corrected chi connectivity index (χ2v) is 6.06. The molecule has 2 heterocycles. The van der Waals surface area contributed by atoms with Crippen LogP contribution in [0.4, 0.5) is 13.2 Å². The zero-order chi connectivity index (χ0) is 15.7. The molecule has 0 amide bonds. The predicted molar refractivity (Wildman–Crippen MR) is 73.7 cm³/mol. The van der Waals surface area contributed by atoms with Gasteiger partial charge in [-0.3, -0.25) is 9.88 Å². The highest BCUT2D eigenvalue weighted by Gasteiger charge is 2.41. The lowest BCUT2D eigenvalue weighted by Gasteiger charge is -2.44. The summed E-state index contributed by atoms with van der Waals surface area (Å²) in [7, 11) is 0. The van der Waals surface area contributed by atoms with Gasteiger partial charge in [0.15, 0.2) is 0 Å². The molecular weight excluding hydrogens is 281 g/mol. The minimum Gasteiger partial charge on any atom is -0.386 e. The monoisotopic (exact) mass is 302 g/mol. The summed E-state index contributed by atoms with van der Waals surface area (Å²) in [6.07, 6.45) is -0.349. The molecule has 0 bridgehead atoms. The molecule has 1 aliphatic rings. The summed E-state index contributed by atoms with van der Waals surface area (Å²) in [5.41, 5.74) is -1.72. The van der Waals surface area contributed by atoms with Crippen molar-refractivity contribution in [2.24, 2.45) is 0 Å². The molecule has 2 rings (SSSR count). The smallest absolute Gasteiger partial charge is 0.386 e. The van der Waals surface area contributed by atoms with E-state index >= 15 is 0 Å². The molecular formula is C15H21F3N2O. The second kappa shape index (κ2) is 5.93. The number of hydrogen-bond donors (Lipinski definition) is 1. The third-order valence-corrected chi connectivity index (χ3v) is 4.29. The van der Waals surface area contributed by atoms with E-state index in [2.05, 4.69) is 9.88 Å². The van der Waals surface area contributed by atoms with Crippen molar-refractivity contribution >= 4 is 0 Å². The molecule has 0 saturated carbocycles. The highest BCUT2D eigenvalue weighted by molar-refractivity contribution is 5.30. The third-order valence-electron chi connectivity index (χ3n) is 4.29. The maximum absolute atomic E-state index is 13.1. The normalized spacial score (nSPS) is 19.5. The number of alkyl halides is 3. The van der Waals surface area contributed by atoms with E-state index in [9.17, 15) is 18.3 Å². The van der Waals surface area contributed by atoms with Gasteiger partial charge in [-0.2, -0.15) is 13.2 Å². The van der Waals surface area contributed by atoms with Crippen molar-refractivity contribution in [3.05, 3.63) is 29.6 Å². The second-order valence-electron chi connectivity index (χ2n) is 6.06. The van der Waals surface area contributed by atoms with Crippen LogP contribution in [0.15, 0.2) is 18.5 Å². The van der Waals surface area contributed by atoms with Gasteiger partial charge in [0.1, 0.15) is 0 Å². The minimum absolute atomic E-state index is 0.152. The Morgan fingerprint density at radius 1 is 1.19 bits per heavy atom. The van der Waals surface area contributed by atoms with Gasteiger partial charge < -0.3 is 5.11 Å². The molecule has 1 aromatic heterocycles. The Labute approximate surface area is 122 Å². The molecule has 1 N–H and O–H groups in total. The SMILES string of the molecule is CC(C)(C(O)c1cnccc1C(F)(F)F)N1CCCCC1. The van der Waals surface area contributed by atoms with Crippen molar-refractivity contribution in [2.45, 2.75) is 50.9 Å². The van der Waals surface area contributed by atoms with Crippen LogP contribution in [-0.2, 0) is 6.18 Å². The molecule has 1 unspecified atom stereocenters. The Balaban J connectivity index is 2.32. The molecule has 1 atom stereocenters. The average Bonchev–Trinajstić information content (AvgIpc) is 2.46. The standard InChI is InChI=1S/C15H21F3N2O/c1-14(2,20-8-4-3-5-9-20)13(21)11-10-19-7-6-12(11)15(16,17)18/h6-7,10,13,21H,3-5,8-9H2,1-2H3. The number of hydrogen-bond acceptors (Lipinski definition) is 3. The van der Waals surface area contributed by atoms with Crippen molar-refractivity contribution in [1.29, 1.82) is 0 Å². The number of pyridine rings is 1. The quantitative estimate of drug-likeness (QED) is 0.929. The first-order valence-corrected chi connectivity index (χ1v) is 7.19. The first-order valence-electron chi connectivity index (χ1n) is 7.19. The van der Waals surface area contributed by atoms with Crippen molar-refractivity contribution < 1.29 is 18.3 Å². The minimum atomic E-state index is -4.49. The number of halogens is 3. The van der Waals surface area contributed by atoms with Gasteiger partial charge >= 0.3 is 6.18 Å². The zero-order valence-corrected chi connectivity index (χ0v) is 12.3. The fourth-order valence-electron chi connectivity index (χ4n) is 2.91. The lowest BCUT2D eigenvalue weighted by Crippen LogP contribution is -2.50. The number of likely N-dealkylation sites (tertiary alicyclic amines) is 1. The lowest BCUT2D eigenvalue weighted by atomic mass is 9.86. The fraction of sp³-hybridized carbons (Fsp3) is 0.667. The first-order chi connectivity index (χ1) is 9.74. The summed E-state index contributed by atoms with van der Waals surface area (Å²) in [5.74, 6) is 0. The molecule has 21 heavy (non-hydrogen) atoms. The number of nitrogens with zero attached hydrogens (tertiary/aromatic N) is 2. The Morgan fingerprint density at radius 2 is 1.81 bits per heavy atom. The lowest BCUT2D eigenvalue weighted by molar-refractivity contribution is -0.140. The van der Waals surface area contributed by atoms with Crippen LogP contribution in [0, 0.1) is 0 Å². The Hall–Kier alpha value is -1.14. The molecule has 1 saturated heterocycles. The predicted octanol–water partition coefficient (Wildman–Crippen LogP) is 3.40. The van der Waals surface area contributed by atoms with E-state index in [-0.39, 0.29) is 5.56 Å². The van der Waals surface area contributed by atoms with E-state index in [0.717, 1.165) is 50.8 Å². The van der Waals surface area contributed by atoms with Crippen LogP contribution in [0.2, 0.25) is 0 Å². The number of piperidine rings is 1. The molecule has 1 fully saturated rings. The first kappa shape index (κ1) is 16.2. The van der Waals surface area contributed by atoms with Gasteiger partial charge in [0.05, 0.1) is 11.7 Å². The van der Waals surface area contributed by atoms with Crippen molar-refractivity contribution in [3.63, 3.8) is 0 Å². The third kappa shape index (κ3) is 3.37. The number of aliphatic hydroxyl groups excluding tert-OH is 1. The maximum Gasteiger partial charge on any atom is 0.416 e. The van der Waals surface area contributed by atoms with Crippen molar-refractivity contribution in [2.75, 3.05) is 13.1 Å². The molecule has 0 spiro atoms. The largest absolute Gasteiger partial charge is 0.416 e. The van der Waals surface area contributed by atoms with E-state index in [1.54, 1.807) is 13.8 Å². The highest BCUT2D eigenvalue weighted by atomic mass is 19.4. The van der Waals surface area contributed by atoms with Crippen molar-refractivity contribution in [3.8, 4) is 0 Å². The summed E-state index contributed by atoms with van der Waals surface area (Å²) < 4.78 is 39.3. The highest BCUT2D eigenvalue weighted by Crippen LogP contribution is 2.39. The molecule has 6 heteroatoms. The van der Waals surface area contributed by atoms with Crippen LogP contribution in [0.25, 0.3) is 0 Å². The van der Waals surface area contributed by atoms with E-state index in [1.807, 2.05) is 0 Å². The van der Waals surface area contributed by atoms with Gasteiger partial charge in [-0.15, -0.1) is 0 Å². The van der Waals surface area contributed by atoms with Gasteiger partial charge in [-0.1, -0.05) is 6.42 Å². The van der Waals surface area contributed by atoms with Gasteiger partial charge in [0.25, 0.3) is 0 Å². The van der Waals surface area contributed by atoms with Crippen LogP contribution in [0.3, 0.4) is 0 Å². The Kier molecular flexibility index (Phi) is 4.58. The molecule has 0 aliphatic carbocycles. The molecule has 118 valence electrons. The summed E-state index contributed by atoms with van der Waals surface area (Å²) >= 11 is 0. The Morgan fingerprint density at radius 3 is 2.38 bits per heavy atom. The molecule has 1 aliphatic heterocycles. The Bertz CT molecular complexity index is 482. The molecule has 3 nitrogen and oxygen atoms in total. The van der Waals surface area contributed by atoms with Crippen LogP contribution in [-0.4, -0.2) is 33.6 Å². The summed E-state index contributed by atoms with van der Waals surface area (Å²) in [6, 6.07) is 0.921. The fourth-order valence-corrected chi connectivity index (χ4v) is 2.91. The van der Waals surface area contributed by atoms with Crippen LogP contribution in [0.1, 0.15) is 50.3 Å². The number of aromatic nitrogens is 1. The van der Waals surface area contributed by atoms with Gasteiger partial charge in [0.2, 0.25) is 0 Å². The molecule has 0 aromatic carbocycles. The van der Waals surface area contributed by atoms with E-state index in [4.69, 9.17) is 0 Å². The van der Waals surface area contributed by atoms with Crippen LogP contribution in [0.5, 0.6) is 0 Å². The number of aliphatic hydroxyl groups is 1. The van der Waals surface area contributed by atoms with Crippen molar-refractivity contribution in [1.82, 2.24) is 9.88 Å². The molecule has 0 radical (unpaired) electrons. The van der Waals surface area contributed by atoms with Gasteiger partial charge in [0, 0.05) is 23.5 Å². The van der Waals surface area contributed by atoms with Crippen LogP contribution >= 0.6 is 0 Å². The summed E-state index contributed by atoms with van der Waals surface area (Å²) in [4.78, 5) is 5.82. The summed E-state index contributed by atoms with van der Waals surface area (Å²) in [6.45, 7) is 5.17. The maximum atomic E-state index is 13.1. The van der Waals surface area contributed by atoms with E-state index in [0.29, 0.717) is 0 Å². The van der Waals surface area contributed by atoms with Gasteiger partial charge in [-0.05, 0) is 45.8 Å². The van der Waals surface area contributed by atoms with Gasteiger partial charge in [-0.25, -0.2) is 0 Å². The molecule has 1 aromatic rings. The zero-order valence-electron chi connectivity index (χ0n) is 12.3. The number of rotatable bonds is 3. The van der Waals surface area contributed by atoms with E-state index < -0.39 is 23.4 Å². The average molecular weight is 302 g/mol. The van der Waals surface area contributed by atoms with E-state index in [1.165, 1.54) is 0 Å².